The van der Waals surface area contributed by atoms with Crippen LogP contribution in [-0.4, -0.2) is 25.8 Å². The van der Waals surface area contributed by atoms with E-state index >= 15 is 0 Å². The van der Waals surface area contributed by atoms with Crippen LogP contribution in [0.15, 0.2) is 59.3 Å². The third-order valence-corrected chi connectivity index (χ3v) is 5.99. The monoisotopic (exact) mass is 390 g/mol. The molecule has 4 aromatic rings. The van der Waals surface area contributed by atoms with E-state index in [0.29, 0.717) is 10.8 Å². The number of rotatable bonds is 4. The Bertz CT molecular complexity index is 1190. The van der Waals surface area contributed by atoms with Crippen LogP contribution in [0, 0.1) is 18.3 Å². The molecule has 0 bridgehead atoms. The van der Waals surface area contributed by atoms with Gasteiger partial charge in [0.25, 0.3) is 0 Å². The van der Waals surface area contributed by atoms with E-state index in [-0.39, 0.29) is 17.1 Å². The number of aryl methyl sites for hydroxylation is 1. The number of fused-ring (bicyclic) bond motifs is 2. The van der Waals surface area contributed by atoms with E-state index in [4.69, 9.17) is 0 Å². The van der Waals surface area contributed by atoms with Crippen molar-refractivity contribution in [3.8, 4) is 6.07 Å². The van der Waals surface area contributed by atoms with Gasteiger partial charge in [-0.1, -0.05) is 42.1 Å². The topological polar surface area (TPSA) is 82.7 Å². The number of nitrogens with zero attached hydrogens (tertiary/aromatic N) is 4. The summed E-state index contributed by atoms with van der Waals surface area (Å²) < 4.78 is 0.984. The highest BCUT2D eigenvalue weighted by atomic mass is 32.2. The van der Waals surface area contributed by atoms with Gasteiger partial charge in [-0.25, -0.2) is 15.0 Å². The smallest absolute Gasteiger partial charge is 0.138 e. The lowest BCUT2D eigenvalue weighted by molar-refractivity contribution is 0.421. The highest BCUT2D eigenvalue weighted by molar-refractivity contribution is 7.99. The van der Waals surface area contributed by atoms with Gasteiger partial charge in [-0.15, -0.1) is 11.3 Å². The number of benzene rings is 2. The van der Waals surface area contributed by atoms with E-state index in [2.05, 4.69) is 21.0 Å². The fraction of sp³-hybridized carbons (Fsp3) is 0.100. The van der Waals surface area contributed by atoms with E-state index in [1.54, 1.807) is 0 Å². The van der Waals surface area contributed by atoms with Crippen LogP contribution in [0.3, 0.4) is 0 Å². The number of aliphatic hydroxyl groups is 1. The van der Waals surface area contributed by atoms with Crippen molar-refractivity contribution in [2.24, 2.45) is 0 Å². The molecule has 0 aliphatic rings. The summed E-state index contributed by atoms with van der Waals surface area (Å²) >= 11 is 2.78. The Labute approximate surface area is 164 Å². The fourth-order valence-corrected chi connectivity index (χ4v) is 4.62. The summed E-state index contributed by atoms with van der Waals surface area (Å²) in [6.45, 7) is 1.84. The second-order valence-electron chi connectivity index (χ2n) is 5.80. The molecular formula is C20H14N4OS2. The van der Waals surface area contributed by atoms with Crippen LogP contribution < -0.4 is 0 Å². The van der Waals surface area contributed by atoms with E-state index in [0.717, 1.165) is 26.1 Å². The van der Waals surface area contributed by atoms with Gasteiger partial charge in [0.15, 0.2) is 0 Å². The molecule has 0 spiro atoms. The van der Waals surface area contributed by atoms with Crippen LogP contribution in [0.25, 0.3) is 26.7 Å². The summed E-state index contributed by atoms with van der Waals surface area (Å²) in [6, 6.07) is 17.5. The lowest BCUT2D eigenvalue weighted by Crippen LogP contribution is -1.96. The molecule has 27 heavy (non-hydrogen) atoms. The first-order valence-corrected chi connectivity index (χ1v) is 10.0. The van der Waals surface area contributed by atoms with Gasteiger partial charge in [0, 0.05) is 5.39 Å². The molecule has 2 aromatic carbocycles. The SMILES string of the molecule is Cc1nc(SC/C(O)=C(\C#N)c2nc3ccccc3s2)c2ccccc2n1. The summed E-state index contributed by atoms with van der Waals surface area (Å²) in [4.78, 5) is 13.4. The van der Waals surface area contributed by atoms with Gasteiger partial charge in [0.2, 0.25) is 0 Å². The molecule has 132 valence electrons. The molecule has 0 radical (unpaired) electrons. The molecular weight excluding hydrogens is 376 g/mol. The molecule has 0 aliphatic heterocycles. The molecule has 0 fully saturated rings. The normalized spacial score (nSPS) is 12.1. The lowest BCUT2D eigenvalue weighted by atomic mass is 10.2. The number of thioether (sulfide) groups is 1. The maximum atomic E-state index is 10.5. The van der Waals surface area contributed by atoms with Crippen molar-refractivity contribution in [3.63, 3.8) is 0 Å². The summed E-state index contributed by atoms with van der Waals surface area (Å²) in [6.07, 6.45) is 0. The first kappa shape index (κ1) is 17.5. The van der Waals surface area contributed by atoms with Crippen LogP contribution in [0.4, 0.5) is 0 Å². The highest BCUT2D eigenvalue weighted by Crippen LogP contribution is 2.31. The number of nitriles is 1. The Kier molecular flexibility index (Phi) is 4.75. The van der Waals surface area contributed by atoms with E-state index in [1.807, 2.05) is 55.5 Å². The molecule has 7 heteroatoms. The van der Waals surface area contributed by atoms with Crippen LogP contribution in [-0.2, 0) is 0 Å². The standard InChI is InChI=1S/C20H14N4OS2/c1-12-22-15-7-3-2-6-13(15)19(23-12)26-11-17(25)14(10-21)20-24-16-8-4-5-9-18(16)27-20/h2-9,25H,11H2,1H3/b17-14-. The maximum absolute atomic E-state index is 10.5. The molecule has 1 N–H and O–H groups in total. The molecule has 0 saturated carbocycles. The number of hydrogen-bond donors (Lipinski definition) is 1. The van der Waals surface area contributed by atoms with Gasteiger partial charge in [-0.05, 0) is 25.1 Å². The number of aliphatic hydroxyl groups excluding tert-OH is 1. The van der Waals surface area contributed by atoms with Crippen molar-refractivity contribution in [2.75, 3.05) is 5.75 Å². The maximum Gasteiger partial charge on any atom is 0.138 e. The van der Waals surface area contributed by atoms with Crippen molar-refractivity contribution in [3.05, 3.63) is 65.1 Å². The molecule has 0 saturated heterocycles. The van der Waals surface area contributed by atoms with Crippen molar-refractivity contribution in [1.29, 1.82) is 5.26 Å². The fourth-order valence-electron chi connectivity index (χ4n) is 2.69. The van der Waals surface area contributed by atoms with Crippen molar-refractivity contribution in [1.82, 2.24) is 15.0 Å². The third-order valence-electron chi connectivity index (χ3n) is 3.93. The van der Waals surface area contributed by atoms with E-state index < -0.39 is 0 Å². The van der Waals surface area contributed by atoms with Gasteiger partial charge in [0.05, 0.1) is 21.5 Å². The molecule has 2 aromatic heterocycles. The van der Waals surface area contributed by atoms with E-state index in [1.165, 1.54) is 23.1 Å². The minimum Gasteiger partial charge on any atom is -0.510 e. The van der Waals surface area contributed by atoms with Crippen LogP contribution >= 0.6 is 23.1 Å². The first-order chi connectivity index (χ1) is 13.2. The minimum absolute atomic E-state index is 0.00176. The van der Waals surface area contributed by atoms with Gasteiger partial charge in [0.1, 0.15) is 33.3 Å². The molecule has 0 unspecified atom stereocenters. The second-order valence-corrected chi connectivity index (χ2v) is 7.80. The molecule has 0 aliphatic carbocycles. The zero-order valence-electron chi connectivity index (χ0n) is 14.4. The Morgan fingerprint density at radius 2 is 1.81 bits per heavy atom. The van der Waals surface area contributed by atoms with Crippen molar-refractivity contribution in [2.45, 2.75) is 11.9 Å². The van der Waals surface area contributed by atoms with Crippen molar-refractivity contribution < 1.29 is 5.11 Å². The number of allylic oxidation sites excluding steroid dienone is 1. The van der Waals surface area contributed by atoms with Crippen molar-refractivity contribution >= 4 is 49.8 Å². The van der Waals surface area contributed by atoms with Gasteiger partial charge >= 0.3 is 0 Å². The van der Waals surface area contributed by atoms with Crippen LogP contribution in [0.2, 0.25) is 0 Å². The quantitative estimate of drug-likeness (QED) is 0.225. The predicted molar refractivity (Wildman–Crippen MR) is 110 cm³/mol. The molecule has 0 atom stereocenters. The molecule has 5 nitrogen and oxygen atoms in total. The summed E-state index contributed by atoms with van der Waals surface area (Å²) in [5, 5.41) is 22.3. The van der Waals surface area contributed by atoms with E-state index in [9.17, 15) is 10.4 Å². The Morgan fingerprint density at radius 3 is 2.59 bits per heavy atom. The largest absolute Gasteiger partial charge is 0.510 e. The Balaban J connectivity index is 1.66. The molecule has 0 amide bonds. The van der Waals surface area contributed by atoms with Gasteiger partial charge < -0.3 is 5.11 Å². The number of thiazole rings is 1. The summed E-state index contributed by atoms with van der Waals surface area (Å²) in [7, 11) is 0. The summed E-state index contributed by atoms with van der Waals surface area (Å²) in [5.41, 5.74) is 1.89. The predicted octanol–water partition coefficient (Wildman–Crippen LogP) is 5.13. The second kappa shape index (κ2) is 7.35. The number of hydrogen-bond acceptors (Lipinski definition) is 7. The number of para-hydroxylation sites is 2. The molecule has 2 heterocycles. The third kappa shape index (κ3) is 3.50. The van der Waals surface area contributed by atoms with Gasteiger partial charge in [-0.3, -0.25) is 0 Å². The first-order valence-electron chi connectivity index (χ1n) is 8.20. The molecule has 4 rings (SSSR count). The Morgan fingerprint density at radius 1 is 1.07 bits per heavy atom. The zero-order valence-corrected chi connectivity index (χ0v) is 16.0. The number of aromatic nitrogens is 3. The average Bonchev–Trinajstić information content (AvgIpc) is 3.10. The zero-order chi connectivity index (χ0) is 18.8. The van der Waals surface area contributed by atoms with Crippen LogP contribution in [0.5, 0.6) is 0 Å². The lowest BCUT2D eigenvalue weighted by Gasteiger charge is -2.07. The van der Waals surface area contributed by atoms with Gasteiger partial charge in [-0.2, -0.15) is 5.26 Å². The summed E-state index contributed by atoms with van der Waals surface area (Å²) in [5.74, 6) is 0.910. The van der Waals surface area contributed by atoms with Crippen LogP contribution in [0.1, 0.15) is 10.8 Å². The minimum atomic E-state index is 0.00176. The Hall–Kier alpha value is -2.95. The highest BCUT2D eigenvalue weighted by Gasteiger charge is 2.15. The average molecular weight is 390 g/mol.